The van der Waals surface area contributed by atoms with Gasteiger partial charge in [0.2, 0.25) is 0 Å². The second-order valence-electron chi connectivity index (χ2n) is 3.68. The zero-order valence-corrected chi connectivity index (χ0v) is 9.62. The summed E-state index contributed by atoms with van der Waals surface area (Å²) in [6.07, 6.45) is 5.48. The van der Waals surface area contributed by atoms with Crippen molar-refractivity contribution >= 4 is 5.65 Å². The second-order valence-corrected chi connectivity index (χ2v) is 3.68. The molecule has 0 saturated carbocycles. The van der Waals surface area contributed by atoms with Gasteiger partial charge in [-0.1, -0.05) is 19.9 Å². The first-order valence-corrected chi connectivity index (χ1v) is 5.67. The van der Waals surface area contributed by atoms with Crippen LogP contribution in [0.4, 0.5) is 0 Å². The first kappa shape index (κ1) is 10.1. The number of aryl methyl sites for hydroxylation is 3. The van der Waals surface area contributed by atoms with Crippen molar-refractivity contribution in [2.45, 2.75) is 40.0 Å². The number of hydrogen-bond donors (Lipinski definition) is 0. The minimum atomic E-state index is 1.01. The summed E-state index contributed by atoms with van der Waals surface area (Å²) in [5.74, 6) is 0. The number of fused-ring (bicyclic) bond motifs is 3. The molecule has 80 valence electrons. The van der Waals surface area contributed by atoms with E-state index in [0.717, 1.165) is 5.65 Å². The fraction of sp³-hybridized carbons (Fsp3) is 0.500. The van der Waals surface area contributed by atoms with Gasteiger partial charge >= 0.3 is 0 Å². The van der Waals surface area contributed by atoms with Crippen LogP contribution in [0.25, 0.3) is 5.65 Å². The van der Waals surface area contributed by atoms with E-state index in [0.29, 0.717) is 0 Å². The van der Waals surface area contributed by atoms with Gasteiger partial charge in [0.1, 0.15) is 6.33 Å². The molecular formula is C12H17N3. The zero-order valence-electron chi connectivity index (χ0n) is 9.62. The van der Waals surface area contributed by atoms with E-state index in [-0.39, 0.29) is 0 Å². The molecule has 0 atom stereocenters. The predicted molar refractivity (Wildman–Crippen MR) is 61.1 cm³/mol. The largest absolute Gasteiger partial charge is 0.285 e. The van der Waals surface area contributed by atoms with Crippen LogP contribution >= 0.6 is 0 Å². The van der Waals surface area contributed by atoms with E-state index >= 15 is 0 Å². The summed E-state index contributed by atoms with van der Waals surface area (Å²) in [6, 6.07) is 2.26. The molecule has 1 aliphatic rings. The maximum absolute atomic E-state index is 4.11. The van der Waals surface area contributed by atoms with Crippen molar-refractivity contribution in [3.63, 3.8) is 0 Å². The van der Waals surface area contributed by atoms with Gasteiger partial charge in [0, 0.05) is 5.69 Å². The fourth-order valence-electron chi connectivity index (χ4n) is 2.21. The number of rotatable bonds is 0. The molecule has 0 saturated heterocycles. The Morgan fingerprint density at radius 1 is 1.27 bits per heavy atom. The van der Waals surface area contributed by atoms with E-state index in [4.69, 9.17) is 0 Å². The predicted octanol–water partition coefficient (Wildman–Crippen LogP) is 2.55. The van der Waals surface area contributed by atoms with Crippen LogP contribution in [0.5, 0.6) is 0 Å². The number of aromatic nitrogens is 3. The third kappa shape index (κ3) is 1.52. The lowest BCUT2D eigenvalue weighted by molar-refractivity contribution is 0.886. The molecule has 0 N–H and O–H groups in total. The quantitative estimate of drug-likeness (QED) is 0.658. The lowest BCUT2D eigenvalue weighted by Gasteiger charge is -2.04. The van der Waals surface area contributed by atoms with Crippen molar-refractivity contribution in [3.05, 3.63) is 29.2 Å². The summed E-state index contributed by atoms with van der Waals surface area (Å²) in [5.41, 5.74) is 5.13. The molecule has 1 aliphatic carbocycles. The summed E-state index contributed by atoms with van der Waals surface area (Å²) < 4.78 is 2.14. The Morgan fingerprint density at radius 2 is 2.07 bits per heavy atom. The highest BCUT2D eigenvalue weighted by molar-refractivity contribution is 5.50. The van der Waals surface area contributed by atoms with Crippen molar-refractivity contribution < 1.29 is 0 Å². The maximum atomic E-state index is 4.11. The van der Waals surface area contributed by atoms with E-state index in [1.54, 1.807) is 0 Å². The van der Waals surface area contributed by atoms with Crippen LogP contribution in [-0.4, -0.2) is 14.6 Å². The summed E-state index contributed by atoms with van der Waals surface area (Å²) in [5, 5.41) is 8.06. The van der Waals surface area contributed by atoms with Gasteiger partial charge in [0.15, 0.2) is 5.65 Å². The van der Waals surface area contributed by atoms with Crippen molar-refractivity contribution in [2.75, 3.05) is 0 Å². The van der Waals surface area contributed by atoms with Crippen LogP contribution in [0.1, 0.15) is 37.1 Å². The van der Waals surface area contributed by atoms with Crippen molar-refractivity contribution in [3.8, 4) is 0 Å². The Balaban J connectivity index is 0.000000404. The average molecular weight is 203 g/mol. The molecule has 3 rings (SSSR count). The Kier molecular flexibility index (Phi) is 2.71. The van der Waals surface area contributed by atoms with Gasteiger partial charge in [-0.15, -0.1) is 10.2 Å². The van der Waals surface area contributed by atoms with E-state index in [9.17, 15) is 0 Å². The van der Waals surface area contributed by atoms with E-state index in [1.807, 2.05) is 20.2 Å². The zero-order chi connectivity index (χ0) is 10.8. The summed E-state index contributed by atoms with van der Waals surface area (Å²) in [6.45, 7) is 6.10. The Morgan fingerprint density at radius 3 is 2.87 bits per heavy atom. The smallest absolute Gasteiger partial charge is 0.163 e. The van der Waals surface area contributed by atoms with Gasteiger partial charge in [0.05, 0.1) is 0 Å². The molecule has 0 aliphatic heterocycles. The highest BCUT2D eigenvalue weighted by atomic mass is 15.2. The van der Waals surface area contributed by atoms with Crippen LogP contribution in [0.2, 0.25) is 0 Å². The van der Waals surface area contributed by atoms with Gasteiger partial charge < -0.3 is 0 Å². The SMILES string of the molecule is CC.Cc1cc2c(n3cnnc13)CCC2. The van der Waals surface area contributed by atoms with Crippen LogP contribution in [0.15, 0.2) is 12.4 Å². The van der Waals surface area contributed by atoms with Crippen LogP contribution < -0.4 is 0 Å². The minimum absolute atomic E-state index is 1.01. The van der Waals surface area contributed by atoms with Crippen molar-refractivity contribution in [1.29, 1.82) is 0 Å². The van der Waals surface area contributed by atoms with Crippen LogP contribution in [0.3, 0.4) is 0 Å². The van der Waals surface area contributed by atoms with Crippen LogP contribution in [0, 0.1) is 6.92 Å². The molecule has 0 unspecified atom stereocenters. The highest BCUT2D eigenvalue weighted by Crippen LogP contribution is 2.24. The molecule has 3 nitrogen and oxygen atoms in total. The standard InChI is InChI=1S/C10H11N3.C2H6/c1-7-5-8-3-2-4-9(8)13-6-11-12-10(7)13;1-2/h5-6H,2-4H2,1H3;1-2H3. The second kappa shape index (κ2) is 4.01. The topological polar surface area (TPSA) is 30.2 Å². The summed E-state index contributed by atoms with van der Waals surface area (Å²) in [7, 11) is 0. The number of nitrogens with zero attached hydrogens (tertiary/aromatic N) is 3. The molecule has 2 aromatic rings. The monoisotopic (exact) mass is 203 g/mol. The van der Waals surface area contributed by atoms with Crippen molar-refractivity contribution in [1.82, 2.24) is 14.6 Å². The van der Waals surface area contributed by atoms with Gasteiger partial charge in [-0.2, -0.15) is 0 Å². The lowest BCUT2D eigenvalue weighted by Crippen LogP contribution is -1.96. The van der Waals surface area contributed by atoms with Crippen molar-refractivity contribution in [2.24, 2.45) is 0 Å². The molecular weight excluding hydrogens is 186 g/mol. The highest BCUT2D eigenvalue weighted by Gasteiger charge is 2.15. The summed E-state index contributed by atoms with van der Waals surface area (Å²) >= 11 is 0. The average Bonchev–Trinajstić information content (AvgIpc) is 2.86. The van der Waals surface area contributed by atoms with E-state index in [2.05, 4.69) is 27.6 Å². The van der Waals surface area contributed by atoms with Gasteiger partial charge in [-0.25, -0.2) is 0 Å². The summed E-state index contributed by atoms with van der Waals surface area (Å²) in [4.78, 5) is 0. The van der Waals surface area contributed by atoms with Gasteiger partial charge in [0.25, 0.3) is 0 Å². The number of hydrogen-bond acceptors (Lipinski definition) is 2. The minimum Gasteiger partial charge on any atom is -0.285 e. The van der Waals surface area contributed by atoms with Gasteiger partial charge in [-0.3, -0.25) is 4.40 Å². The van der Waals surface area contributed by atoms with E-state index in [1.165, 1.54) is 36.1 Å². The molecule has 0 bridgehead atoms. The molecule has 0 aromatic carbocycles. The van der Waals surface area contributed by atoms with Crippen LogP contribution in [-0.2, 0) is 12.8 Å². The first-order valence-electron chi connectivity index (χ1n) is 5.67. The number of pyridine rings is 1. The Hall–Kier alpha value is -1.38. The fourth-order valence-corrected chi connectivity index (χ4v) is 2.21. The Bertz CT molecular complexity index is 471. The molecule has 2 aromatic heterocycles. The lowest BCUT2D eigenvalue weighted by atomic mass is 10.1. The molecule has 2 heterocycles. The molecule has 3 heteroatoms. The third-order valence-corrected chi connectivity index (χ3v) is 2.81. The normalized spacial score (nSPS) is 13.5. The molecule has 0 amide bonds. The molecule has 0 spiro atoms. The maximum Gasteiger partial charge on any atom is 0.163 e. The Labute approximate surface area is 90.1 Å². The molecule has 0 fully saturated rings. The van der Waals surface area contributed by atoms with E-state index < -0.39 is 0 Å². The first-order chi connectivity index (χ1) is 7.36. The molecule has 0 radical (unpaired) electrons. The molecule has 15 heavy (non-hydrogen) atoms. The third-order valence-electron chi connectivity index (χ3n) is 2.81. The van der Waals surface area contributed by atoms with Gasteiger partial charge in [-0.05, 0) is 37.3 Å².